The highest BCUT2D eigenvalue weighted by molar-refractivity contribution is 5.88. The molecule has 10 unspecified atom stereocenters. The lowest BCUT2D eigenvalue weighted by Gasteiger charge is -2.36. The Bertz CT molecular complexity index is 1240. The van der Waals surface area contributed by atoms with Gasteiger partial charge >= 0.3 is 23.9 Å². The Morgan fingerprint density at radius 1 is 0.739 bits per heavy atom. The summed E-state index contributed by atoms with van der Waals surface area (Å²) in [5.41, 5.74) is 1.24. The van der Waals surface area contributed by atoms with Crippen molar-refractivity contribution in [2.24, 2.45) is 41.4 Å². The summed E-state index contributed by atoms with van der Waals surface area (Å²) in [5.74, 6) is 3.09. The lowest BCUT2D eigenvalue weighted by Crippen LogP contribution is -2.36. The standard InChI is InChI=1S/C14H20O2.C12H14O4.C12H20O2/c1-8(2)14(15)16-13-7-9-6-12(13)11-5-3-4-10(9)11;1-5(2)11(13)15-9-6-3-7-8(4-6)12(14)16-10(7)9;1-4-12(8-6-5-7-9-12)14-11(13)10(2)3/h9-13H,1,3-7H2,2H3;6-10H,1,3-4H2,2H3;2,4-9H2,1,3H3. The van der Waals surface area contributed by atoms with Crippen LogP contribution in [0.1, 0.15) is 111 Å². The monoisotopic (exact) mass is 638 g/mol. The quantitative estimate of drug-likeness (QED) is 0.164. The zero-order chi connectivity index (χ0) is 33.3. The van der Waals surface area contributed by atoms with Crippen LogP contribution in [0.4, 0.5) is 0 Å². The molecule has 0 aromatic rings. The topological polar surface area (TPSA) is 105 Å². The van der Waals surface area contributed by atoms with Crippen LogP contribution in [-0.2, 0) is 38.1 Å². The van der Waals surface area contributed by atoms with Crippen molar-refractivity contribution in [3.05, 3.63) is 36.5 Å². The van der Waals surface area contributed by atoms with Gasteiger partial charge in [0.2, 0.25) is 0 Å². The summed E-state index contributed by atoms with van der Waals surface area (Å²) in [6, 6.07) is 0. The fourth-order valence-corrected chi connectivity index (χ4v) is 9.68. The Kier molecular flexibility index (Phi) is 10.5. The van der Waals surface area contributed by atoms with E-state index in [-0.39, 0.29) is 59.6 Å². The minimum absolute atomic E-state index is 0.0646. The molecule has 4 bridgehead atoms. The third-order valence-electron chi connectivity index (χ3n) is 12.0. The first-order valence-corrected chi connectivity index (χ1v) is 17.7. The van der Waals surface area contributed by atoms with Crippen LogP contribution in [0.2, 0.25) is 0 Å². The Morgan fingerprint density at radius 2 is 1.35 bits per heavy atom. The van der Waals surface area contributed by atoms with Gasteiger partial charge in [0.1, 0.15) is 23.9 Å². The molecule has 8 heteroatoms. The van der Waals surface area contributed by atoms with Gasteiger partial charge in [-0.1, -0.05) is 39.5 Å². The van der Waals surface area contributed by atoms with Crippen molar-refractivity contribution >= 4 is 23.9 Å². The van der Waals surface area contributed by atoms with Crippen molar-refractivity contribution in [3.8, 4) is 0 Å². The number of carbonyl (C=O) groups is 4. The van der Waals surface area contributed by atoms with Crippen LogP contribution in [0.3, 0.4) is 0 Å². The molecule has 10 atom stereocenters. The highest BCUT2D eigenvalue weighted by Crippen LogP contribution is 2.59. The van der Waals surface area contributed by atoms with Crippen molar-refractivity contribution in [1.82, 2.24) is 0 Å². The van der Waals surface area contributed by atoms with Gasteiger partial charge in [0.05, 0.1) is 5.92 Å². The van der Waals surface area contributed by atoms with Crippen LogP contribution in [-0.4, -0.2) is 47.8 Å². The maximum atomic E-state index is 11.5. The second kappa shape index (κ2) is 14.1. The maximum Gasteiger partial charge on any atom is 0.333 e. The molecule has 6 saturated carbocycles. The molecule has 254 valence electrons. The lowest BCUT2D eigenvalue weighted by atomic mass is 9.80. The zero-order valence-electron chi connectivity index (χ0n) is 28.4. The summed E-state index contributed by atoms with van der Waals surface area (Å²) in [6.07, 6.45) is 14.7. The molecule has 1 aliphatic heterocycles. The van der Waals surface area contributed by atoms with E-state index in [1.807, 2.05) is 0 Å². The maximum absolute atomic E-state index is 11.5. The predicted molar refractivity (Wildman–Crippen MR) is 173 cm³/mol. The van der Waals surface area contributed by atoms with Crippen LogP contribution in [0.15, 0.2) is 36.5 Å². The molecule has 7 rings (SSSR count). The lowest BCUT2D eigenvalue weighted by molar-refractivity contribution is -0.159. The van der Waals surface area contributed by atoms with Crippen molar-refractivity contribution in [3.63, 3.8) is 0 Å². The first kappa shape index (κ1) is 34.4. The van der Waals surface area contributed by atoms with Crippen molar-refractivity contribution in [2.45, 2.75) is 135 Å². The largest absolute Gasteiger partial charge is 0.459 e. The molecule has 1 saturated heterocycles. The van der Waals surface area contributed by atoms with E-state index in [9.17, 15) is 19.2 Å². The molecular formula is C38H54O8. The molecular weight excluding hydrogens is 584 g/mol. The number of ether oxygens (including phenoxy) is 4. The van der Waals surface area contributed by atoms with E-state index in [1.165, 1.54) is 44.9 Å². The van der Waals surface area contributed by atoms with E-state index < -0.39 is 0 Å². The first-order chi connectivity index (χ1) is 21.8. The molecule has 6 aliphatic carbocycles. The number of fused-ring (bicyclic) bond motifs is 6. The van der Waals surface area contributed by atoms with E-state index in [1.54, 1.807) is 20.8 Å². The predicted octanol–water partition coefficient (Wildman–Crippen LogP) is 7.20. The van der Waals surface area contributed by atoms with Crippen molar-refractivity contribution < 1.29 is 38.1 Å². The van der Waals surface area contributed by atoms with Crippen LogP contribution in [0.5, 0.6) is 0 Å². The minimum atomic E-state index is -0.378. The van der Waals surface area contributed by atoms with Gasteiger partial charge in [-0.2, -0.15) is 0 Å². The Hall–Kier alpha value is -2.90. The molecule has 0 spiro atoms. The average Bonchev–Trinajstić information content (AvgIpc) is 3.85. The van der Waals surface area contributed by atoms with Gasteiger partial charge in [-0.15, -0.1) is 0 Å². The number of hydrogen-bond acceptors (Lipinski definition) is 8. The summed E-state index contributed by atoms with van der Waals surface area (Å²) in [5, 5.41) is 0. The van der Waals surface area contributed by atoms with Gasteiger partial charge in [0, 0.05) is 28.6 Å². The van der Waals surface area contributed by atoms with Crippen LogP contribution >= 0.6 is 0 Å². The second-order valence-electron chi connectivity index (χ2n) is 15.2. The SMILES string of the molecule is C=C(C)C(=O)OC1(CC)CCCCC1.C=C(C)C(=O)OC1C2CC3C(=O)OC1C3C2.C=C(C)C(=O)OC1CC2CC1C1CCCC21. The van der Waals surface area contributed by atoms with Gasteiger partial charge in [-0.25, -0.2) is 14.4 Å². The van der Waals surface area contributed by atoms with E-state index in [2.05, 4.69) is 26.7 Å². The molecule has 8 nitrogen and oxygen atoms in total. The molecule has 0 aromatic heterocycles. The number of hydrogen-bond donors (Lipinski definition) is 0. The molecule has 0 amide bonds. The van der Waals surface area contributed by atoms with Crippen LogP contribution in [0, 0.1) is 41.4 Å². The average molecular weight is 639 g/mol. The highest BCUT2D eigenvalue weighted by Gasteiger charge is 2.63. The van der Waals surface area contributed by atoms with E-state index in [4.69, 9.17) is 18.9 Å². The van der Waals surface area contributed by atoms with Crippen molar-refractivity contribution in [1.29, 1.82) is 0 Å². The van der Waals surface area contributed by atoms with Crippen LogP contribution < -0.4 is 0 Å². The molecule has 0 aromatic carbocycles. The Labute approximate surface area is 274 Å². The second-order valence-corrected chi connectivity index (χ2v) is 15.2. The highest BCUT2D eigenvalue weighted by atomic mass is 16.6. The third-order valence-corrected chi connectivity index (χ3v) is 12.0. The summed E-state index contributed by atoms with van der Waals surface area (Å²) in [6.45, 7) is 18.0. The minimum Gasteiger partial charge on any atom is -0.459 e. The first-order valence-electron chi connectivity index (χ1n) is 17.7. The normalized spacial score (nSPS) is 36.7. The molecule has 0 radical (unpaired) electrons. The Morgan fingerprint density at radius 3 is 1.98 bits per heavy atom. The third kappa shape index (κ3) is 7.01. The van der Waals surface area contributed by atoms with Crippen molar-refractivity contribution in [2.75, 3.05) is 0 Å². The smallest absolute Gasteiger partial charge is 0.333 e. The number of carbonyl (C=O) groups excluding carboxylic acids is 4. The number of esters is 4. The van der Waals surface area contributed by atoms with Gasteiger partial charge in [-0.3, -0.25) is 4.79 Å². The van der Waals surface area contributed by atoms with E-state index in [0.29, 0.717) is 28.6 Å². The Balaban J connectivity index is 0.000000136. The molecule has 46 heavy (non-hydrogen) atoms. The van der Waals surface area contributed by atoms with E-state index >= 15 is 0 Å². The van der Waals surface area contributed by atoms with E-state index in [0.717, 1.165) is 56.3 Å². The molecule has 0 N–H and O–H groups in total. The molecule has 7 fully saturated rings. The fourth-order valence-electron chi connectivity index (χ4n) is 9.68. The molecule has 1 heterocycles. The summed E-state index contributed by atoms with van der Waals surface area (Å²) >= 11 is 0. The fraction of sp³-hybridized carbons (Fsp3) is 0.737. The van der Waals surface area contributed by atoms with Crippen LogP contribution in [0.25, 0.3) is 0 Å². The summed E-state index contributed by atoms with van der Waals surface area (Å²) in [4.78, 5) is 45.9. The van der Waals surface area contributed by atoms with Gasteiger partial charge in [0.15, 0.2) is 0 Å². The van der Waals surface area contributed by atoms with Gasteiger partial charge in [-0.05, 0) is 115 Å². The zero-order valence-corrected chi connectivity index (χ0v) is 28.4. The summed E-state index contributed by atoms with van der Waals surface area (Å²) in [7, 11) is 0. The number of rotatable bonds is 7. The molecule has 7 aliphatic rings. The summed E-state index contributed by atoms with van der Waals surface area (Å²) < 4.78 is 21.8. The van der Waals surface area contributed by atoms with Gasteiger partial charge < -0.3 is 18.9 Å². The van der Waals surface area contributed by atoms with Gasteiger partial charge in [0.25, 0.3) is 0 Å².